The van der Waals surface area contributed by atoms with Gasteiger partial charge in [-0.2, -0.15) is 0 Å². The molecule has 2 fully saturated rings. The molecule has 0 aromatic carbocycles. The first kappa shape index (κ1) is 20.2. The molecule has 1 heterocycles. The molecule has 0 aromatic rings. The van der Waals surface area contributed by atoms with E-state index in [-0.39, 0.29) is 11.9 Å². The number of carbonyl (C=O) groups excluding carboxylic acids is 2. The molecule has 0 bridgehead atoms. The van der Waals surface area contributed by atoms with Gasteiger partial charge in [0.1, 0.15) is 5.60 Å². The molecule has 4 heteroatoms. The Morgan fingerprint density at radius 1 is 1.22 bits per heavy atom. The molecule has 150 valence electrons. The molecule has 3 rings (SSSR count). The second-order valence-electron chi connectivity index (χ2n) is 9.60. The lowest BCUT2D eigenvalue weighted by atomic mass is 9.74. The Kier molecular flexibility index (Phi) is 6.12. The molecule has 0 spiro atoms. The highest BCUT2D eigenvalue weighted by Gasteiger charge is 2.42. The lowest BCUT2D eigenvalue weighted by molar-refractivity contribution is -0.125. The van der Waals surface area contributed by atoms with Crippen LogP contribution in [0.3, 0.4) is 0 Å². The number of likely N-dealkylation sites (tertiary alicyclic amines) is 1. The molecule has 0 aromatic heterocycles. The van der Waals surface area contributed by atoms with Crippen LogP contribution in [0, 0.1) is 11.8 Å². The number of nitrogens with zero attached hydrogens (tertiary/aromatic N) is 1. The molecular weight excluding hydrogens is 338 g/mol. The Morgan fingerprint density at radius 2 is 1.93 bits per heavy atom. The SMILES string of the molecule is C=C1C[C@@H](CC2CCC(C3=CCCCC3)CC2)N(C(=O)OC(C)(C)C)C1=O. The molecular formula is C23H35NO3. The lowest BCUT2D eigenvalue weighted by Gasteiger charge is -2.34. The second-order valence-corrected chi connectivity index (χ2v) is 9.60. The van der Waals surface area contributed by atoms with Gasteiger partial charge in [-0.15, -0.1) is 0 Å². The number of hydrogen-bond acceptors (Lipinski definition) is 3. The number of ether oxygens (including phenoxy) is 1. The van der Waals surface area contributed by atoms with Gasteiger partial charge in [0.05, 0.1) is 0 Å². The Labute approximate surface area is 164 Å². The number of carbonyl (C=O) groups is 2. The first-order valence-electron chi connectivity index (χ1n) is 10.7. The monoisotopic (exact) mass is 373 g/mol. The standard InChI is InChI=1S/C23H35NO3/c1-16-14-20(24(21(16)25)22(26)27-23(2,3)4)15-17-10-12-19(13-11-17)18-8-6-5-7-9-18/h8,17,19-20H,1,5-7,9-15H2,2-4H3/t17?,19?,20-/m0/s1. The maximum Gasteiger partial charge on any atom is 0.417 e. The summed E-state index contributed by atoms with van der Waals surface area (Å²) >= 11 is 0. The zero-order valence-corrected chi connectivity index (χ0v) is 17.3. The molecule has 0 unspecified atom stereocenters. The van der Waals surface area contributed by atoms with Gasteiger partial charge in [0.25, 0.3) is 5.91 Å². The van der Waals surface area contributed by atoms with Crippen molar-refractivity contribution in [2.24, 2.45) is 11.8 Å². The van der Waals surface area contributed by atoms with Crippen molar-refractivity contribution in [3.05, 3.63) is 23.8 Å². The number of rotatable bonds is 3. The molecule has 3 aliphatic rings. The van der Waals surface area contributed by atoms with Crippen LogP contribution in [0.1, 0.15) is 85.0 Å². The smallest absolute Gasteiger partial charge is 0.417 e. The minimum absolute atomic E-state index is 0.0877. The van der Waals surface area contributed by atoms with E-state index in [1.54, 1.807) is 5.57 Å². The molecule has 0 N–H and O–H groups in total. The molecule has 1 atom stereocenters. The van der Waals surface area contributed by atoms with E-state index in [4.69, 9.17) is 4.74 Å². The van der Waals surface area contributed by atoms with Crippen molar-refractivity contribution in [3.63, 3.8) is 0 Å². The van der Waals surface area contributed by atoms with Gasteiger partial charge in [0.2, 0.25) is 0 Å². The second kappa shape index (κ2) is 8.20. The fourth-order valence-corrected chi connectivity index (χ4v) is 4.92. The highest BCUT2D eigenvalue weighted by molar-refractivity contribution is 6.04. The molecule has 1 saturated heterocycles. The van der Waals surface area contributed by atoms with E-state index >= 15 is 0 Å². The predicted octanol–water partition coefficient (Wildman–Crippen LogP) is 5.78. The molecule has 2 amide bonds. The van der Waals surface area contributed by atoms with E-state index in [0.29, 0.717) is 17.9 Å². The molecule has 2 aliphatic carbocycles. The minimum Gasteiger partial charge on any atom is -0.443 e. The molecule has 0 radical (unpaired) electrons. The summed E-state index contributed by atoms with van der Waals surface area (Å²) in [6.45, 7) is 9.36. The Hall–Kier alpha value is -1.58. The first-order valence-corrected chi connectivity index (χ1v) is 10.7. The minimum atomic E-state index is -0.600. The third-order valence-electron chi connectivity index (χ3n) is 6.26. The van der Waals surface area contributed by atoms with Crippen LogP contribution in [0.5, 0.6) is 0 Å². The maximum atomic E-state index is 12.6. The van der Waals surface area contributed by atoms with Crippen molar-refractivity contribution in [3.8, 4) is 0 Å². The highest BCUT2D eigenvalue weighted by Crippen LogP contribution is 2.40. The predicted molar refractivity (Wildman–Crippen MR) is 107 cm³/mol. The van der Waals surface area contributed by atoms with Crippen molar-refractivity contribution in [2.75, 3.05) is 0 Å². The van der Waals surface area contributed by atoms with Crippen molar-refractivity contribution in [2.45, 2.75) is 96.6 Å². The average molecular weight is 374 g/mol. The summed E-state index contributed by atoms with van der Waals surface area (Å²) in [6, 6.07) is -0.0877. The zero-order valence-electron chi connectivity index (χ0n) is 17.3. The quantitative estimate of drug-likeness (QED) is 0.465. The highest BCUT2D eigenvalue weighted by atomic mass is 16.6. The Morgan fingerprint density at radius 3 is 2.52 bits per heavy atom. The van der Waals surface area contributed by atoms with Crippen LogP contribution in [-0.2, 0) is 9.53 Å². The molecule has 1 aliphatic heterocycles. The van der Waals surface area contributed by atoms with Gasteiger partial charge in [-0.3, -0.25) is 4.79 Å². The van der Waals surface area contributed by atoms with E-state index < -0.39 is 11.7 Å². The van der Waals surface area contributed by atoms with Crippen molar-refractivity contribution in [1.29, 1.82) is 0 Å². The number of imide groups is 1. The Bertz CT molecular complexity index is 620. The number of hydrogen-bond donors (Lipinski definition) is 0. The van der Waals surface area contributed by atoms with E-state index in [0.717, 1.165) is 12.3 Å². The average Bonchev–Trinajstić information content (AvgIpc) is 2.89. The van der Waals surface area contributed by atoms with Crippen LogP contribution in [0.15, 0.2) is 23.8 Å². The largest absolute Gasteiger partial charge is 0.443 e. The Balaban J connectivity index is 1.57. The van der Waals surface area contributed by atoms with Crippen LogP contribution in [0.2, 0.25) is 0 Å². The number of amides is 2. The molecule has 27 heavy (non-hydrogen) atoms. The van der Waals surface area contributed by atoms with Gasteiger partial charge >= 0.3 is 6.09 Å². The van der Waals surface area contributed by atoms with Crippen LogP contribution in [0.4, 0.5) is 4.79 Å². The van der Waals surface area contributed by atoms with Crippen LogP contribution < -0.4 is 0 Å². The normalized spacial score (nSPS) is 29.7. The van der Waals surface area contributed by atoms with E-state index in [1.807, 2.05) is 20.8 Å². The fourth-order valence-electron chi connectivity index (χ4n) is 4.92. The van der Waals surface area contributed by atoms with E-state index in [1.165, 1.54) is 56.3 Å². The summed E-state index contributed by atoms with van der Waals surface area (Å²) in [7, 11) is 0. The van der Waals surface area contributed by atoms with Gasteiger partial charge in [-0.05, 0) is 96.8 Å². The van der Waals surface area contributed by atoms with Crippen LogP contribution in [-0.4, -0.2) is 28.5 Å². The third kappa shape index (κ3) is 5.03. The number of allylic oxidation sites excluding steroid dienone is 2. The third-order valence-corrected chi connectivity index (χ3v) is 6.26. The first-order chi connectivity index (χ1) is 12.7. The molecule has 4 nitrogen and oxygen atoms in total. The van der Waals surface area contributed by atoms with Gasteiger partial charge in [0.15, 0.2) is 0 Å². The van der Waals surface area contributed by atoms with Gasteiger partial charge in [-0.25, -0.2) is 9.69 Å². The maximum absolute atomic E-state index is 12.6. The topological polar surface area (TPSA) is 46.6 Å². The fraction of sp³-hybridized carbons (Fsp3) is 0.739. The zero-order chi connectivity index (χ0) is 19.6. The summed E-state index contributed by atoms with van der Waals surface area (Å²) < 4.78 is 5.47. The van der Waals surface area contributed by atoms with E-state index in [9.17, 15) is 9.59 Å². The summed E-state index contributed by atoms with van der Waals surface area (Å²) in [4.78, 5) is 26.4. The van der Waals surface area contributed by atoms with Crippen molar-refractivity contribution < 1.29 is 14.3 Å². The summed E-state index contributed by atoms with van der Waals surface area (Å²) in [6.07, 6.45) is 13.6. The lowest BCUT2D eigenvalue weighted by Crippen LogP contribution is -2.43. The van der Waals surface area contributed by atoms with Crippen LogP contribution in [0.25, 0.3) is 0 Å². The summed E-state index contributed by atoms with van der Waals surface area (Å²) in [5.41, 5.74) is 1.63. The van der Waals surface area contributed by atoms with Crippen molar-refractivity contribution >= 4 is 12.0 Å². The van der Waals surface area contributed by atoms with Gasteiger partial charge in [0, 0.05) is 11.6 Å². The molecule has 1 saturated carbocycles. The van der Waals surface area contributed by atoms with Crippen molar-refractivity contribution in [1.82, 2.24) is 4.90 Å². The van der Waals surface area contributed by atoms with Gasteiger partial charge in [-0.1, -0.05) is 18.2 Å². The van der Waals surface area contributed by atoms with Gasteiger partial charge < -0.3 is 4.74 Å². The van der Waals surface area contributed by atoms with E-state index in [2.05, 4.69) is 12.7 Å². The van der Waals surface area contributed by atoms with Crippen LogP contribution >= 0.6 is 0 Å². The summed E-state index contributed by atoms with van der Waals surface area (Å²) in [5, 5.41) is 0. The summed E-state index contributed by atoms with van der Waals surface area (Å²) in [5.74, 6) is 1.10.